The lowest BCUT2D eigenvalue weighted by molar-refractivity contribution is -0.248. The van der Waals surface area contributed by atoms with Crippen LogP contribution in [0.3, 0.4) is 0 Å². The number of likely N-dealkylation sites (tertiary alicyclic amines) is 1. The van der Waals surface area contributed by atoms with Crippen molar-refractivity contribution in [2.45, 2.75) is 164 Å². The van der Waals surface area contributed by atoms with Gasteiger partial charge in [-0.3, -0.25) is 9.59 Å². The highest BCUT2D eigenvalue weighted by molar-refractivity contribution is 5.80. The van der Waals surface area contributed by atoms with E-state index in [2.05, 4.69) is 90.6 Å². The molecule has 1 aromatic rings. The molecule has 0 bridgehead atoms. The van der Waals surface area contributed by atoms with Crippen molar-refractivity contribution < 1.29 is 28.5 Å². The van der Waals surface area contributed by atoms with Gasteiger partial charge in [0.05, 0.1) is 38.4 Å². The normalized spacial score (nSPS) is 42.7. The molecule has 1 unspecified atom stereocenters. The van der Waals surface area contributed by atoms with Crippen LogP contribution in [0.4, 0.5) is 0 Å². The molecular formula is C55H85NO6. The monoisotopic (exact) mass is 856 g/mol. The predicted molar refractivity (Wildman–Crippen MR) is 245 cm³/mol. The first-order valence-electron chi connectivity index (χ1n) is 25.7. The Morgan fingerprint density at radius 2 is 1.40 bits per heavy atom. The molecule has 1 heterocycles. The van der Waals surface area contributed by atoms with E-state index < -0.39 is 0 Å². The third-order valence-electron chi connectivity index (χ3n) is 21.7. The van der Waals surface area contributed by atoms with E-state index in [1.54, 1.807) is 7.11 Å². The van der Waals surface area contributed by atoms with Crippen LogP contribution in [0.25, 0.3) is 0 Å². The number of methoxy groups -OCH3 is 1. The Labute approximate surface area is 376 Å². The number of amides is 1. The van der Waals surface area contributed by atoms with Gasteiger partial charge in [-0.25, -0.2) is 0 Å². The zero-order valence-electron chi connectivity index (χ0n) is 40.5. The minimum Gasteiger partial charge on any atom is -0.462 e. The van der Waals surface area contributed by atoms with E-state index >= 15 is 0 Å². The van der Waals surface area contributed by atoms with Crippen molar-refractivity contribution in [3.63, 3.8) is 0 Å². The van der Waals surface area contributed by atoms with Crippen molar-refractivity contribution in [1.29, 1.82) is 0 Å². The van der Waals surface area contributed by atoms with Gasteiger partial charge in [0, 0.05) is 31.5 Å². The van der Waals surface area contributed by atoms with E-state index in [9.17, 15) is 9.59 Å². The van der Waals surface area contributed by atoms with E-state index in [0.29, 0.717) is 79.2 Å². The number of hydrogen-bond acceptors (Lipinski definition) is 6. The molecule has 8 aliphatic rings. The van der Waals surface area contributed by atoms with Crippen LogP contribution in [-0.4, -0.2) is 75.6 Å². The van der Waals surface area contributed by atoms with E-state index in [4.69, 9.17) is 18.9 Å². The summed E-state index contributed by atoms with van der Waals surface area (Å²) in [5, 5.41) is 0. The molecule has 1 amide bonds. The zero-order valence-corrected chi connectivity index (χ0v) is 40.5. The van der Waals surface area contributed by atoms with Gasteiger partial charge in [0.1, 0.15) is 6.10 Å². The lowest BCUT2D eigenvalue weighted by Crippen LogP contribution is -2.66. The molecule has 0 N–H and O–H groups in total. The Morgan fingerprint density at radius 1 is 0.694 bits per heavy atom. The molecule has 1 saturated heterocycles. The molecule has 7 nitrogen and oxygen atoms in total. The van der Waals surface area contributed by atoms with Crippen LogP contribution < -0.4 is 0 Å². The summed E-state index contributed by atoms with van der Waals surface area (Å²) in [5.74, 6) is 5.04. The Hall–Kier alpha value is -1.96. The molecule has 0 spiro atoms. The number of ether oxygens (including phenoxy) is 4. The molecule has 346 valence electrons. The van der Waals surface area contributed by atoms with Gasteiger partial charge >= 0.3 is 5.97 Å². The van der Waals surface area contributed by atoms with Gasteiger partial charge in [0.2, 0.25) is 5.91 Å². The van der Waals surface area contributed by atoms with Crippen molar-refractivity contribution in [3.05, 3.63) is 35.9 Å². The minimum absolute atomic E-state index is 0.0122. The summed E-state index contributed by atoms with van der Waals surface area (Å²) in [6.07, 6.45) is 17.7. The lowest BCUT2D eigenvalue weighted by atomic mass is 9.33. The van der Waals surface area contributed by atoms with E-state index in [-0.39, 0.29) is 57.1 Å². The van der Waals surface area contributed by atoms with Gasteiger partial charge < -0.3 is 23.8 Å². The fourth-order valence-electron chi connectivity index (χ4n) is 17.3. The predicted octanol–water partition coefficient (Wildman–Crippen LogP) is 11.2. The first kappa shape index (κ1) is 45.2. The second-order valence-electron chi connectivity index (χ2n) is 24.8. The average Bonchev–Trinajstić information content (AvgIpc) is 3.87. The molecule has 0 radical (unpaired) electrons. The third kappa shape index (κ3) is 7.47. The second-order valence-corrected chi connectivity index (χ2v) is 24.8. The number of benzene rings is 1. The average molecular weight is 856 g/mol. The van der Waals surface area contributed by atoms with Crippen LogP contribution >= 0.6 is 0 Å². The minimum atomic E-state index is -0.0550. The first-order valence-corrected chi connectivity index (χ1v) is 25.7. The van der Waals surface area contributed by atoms with Crippen molar-refractivity contribution >= 4 is 11.9 Å². The van der Waals surface area contributed by atoms with Gasteiger partial charge in [-0.2, -0.15) is 0 Å². The summed E-state index contributed by atoms with van der Waals surface area (Å²) in [6, 6.07) is 10.8. The molecule has 7 saturated carbocycles. The third-order valence-corrected chi connectivity index (χ3v) is 21.7. The van der Waals surface area contributed by atoms with Crippen molar-refractivity contribution in [3.8, 4) is 0 Å². The van der Waals surface area contributed by atoms with Crippen molar-refractivity contribution in [2.75, 3.05) is 46.6 Å². The summed E-state index contributed by atoms with van der Waals surface area (Å²) in [7, 11) is 1.70. The number of esters is 1. The van der Waals surface area contributed by atoms with Crippen molar-refractivity contribution in [1.82, 2.24) is 4.90 Å². The van der Waals surface area contributed by atoms with Gasteiger partial charge in [-0.1, -0.05) is 85.7 Å². The first-order chi connectivity index (χ1) is 29.5. The number of carbonyl (C=O) groups is 2. The van der Waals surface area contributed by atoms with Crippen LogP contribution in [0.1, 0.15) is 151 Å². The fourth-order valence-corrected chi connectivity index (χ4v) is 17.3. The number of piperidine rings is 1. The molecule has 9 rings (SSSR count). The smallest absolute Gasteiger partial charge is 0.309 e. The molecule has 0 aromatic heterocycles. The van der Waals surface area contributed by atoms with Crippen LogP contribution in [0.15, 0.2) is 30.3 Å². The maximum absolute atomic E-state index is 14.7. The topological polar surface area (TPSA) is 74.3 Å². The lowest BCUT2D eigenvalue weighted by Gasteiger charge is -2.72. The molecule has 1 aliphatic heterocycles. The summed E-state index contributed by atoms with van der Waals surface area (Å²) in [4.78, 5) is 31.0. The van der Waals surface area contributed by atoms with Gasteiger partial charge in [-0.15, -0.1) is 0 Å². The Bertz CT molecular complexity index is 1760. The van der Waals surface area contributed by atoms with Gasteiger partial charge in [0.25, 0.3) is 0 Å². The number of rotatable bonds is 13. The number of carbonyl (C=O) groups excluding carboxylic acids is 2. The second kappa shape index (κ2) is 16.7. The molecular weight excluding hydrogens is 771 g/mol. The number of nitrogens with zero attached hydrogens (tertiary/aromatic N) is 1. The Balaban J connectivity index is 0.856. The Kier molecular flexibility index (Phi) is 12.2. The Morgan fingerprint density at radius 3 is 2.10 bits per heavy atom. The molecule has 7 aliphatic carbocycles. The summed E-state index contributed by atoms with van der Waals surface area (Å²) in [6.45, 7) is 24.4. The highest BCUT2D eigenvalue weighted by Gasteiger charge is 2.71. The van der Waals surface area contributed by atoms with E-state index in [0.717, 1.165) is 58.0 Å². The van der Waals surface area contributed by atoms with Gasteiger partial charge in [-0.05, 0) is 170 Å². The number of hydrogen-bond donors (Lipinski definition) is 0. The molecule has 1 aromatic carbocycles. The van der Waals surface area contributed by atoms with Crippen LogP contribution in [0, 0.1) is 85.8 Å². The SMILES string of the molecule is COCCOCCOC1CCN(C(=O)[C@@H]2C[C@@H](C3(C)CC3)[C@H]3C2CC[C@]2(C)[C@@H]3CC[C@@H]3[C@@]4(C)CC[C@H](OC(=O)[C@H]5C[C@@H](Cc6ccccc6)C5(C)C)C(C)(C)[C@@H]4CC[C@]32C)CC1. The van der Waals surface area contributed by atoms with Crippen LogP contribution in [0.2, 0.25) is 0 Å². The number of fused-ring (bicyclic) bond motifs is 7. The van der Waals surface area contributed by atoms with Crippen molar-refractivity contribution in [2.24, 2.45) is 85.8 Å². The largest absolute Gasteiger partial charge is 0.462 e. The molecule has 7 heteroatoms. The summed E-state index contributed by atoms with van der Waals surface area (Å²) in [5.41, 5.74) is 2.49. The maximum Gasteiger partial charge on any atom is 0.309 e. The summed E-state index contributed by atoms with van der Waals surface area (Å²) < 4.78 is 23.6. The van der Waals surface area contributed by atoms with E-state index in [1.807, 2.05) is 0 Å². The van der Waals surface area contributed by atoms with Gasteiger partial charge in [0.15, 0.2) is 0 Å². The molecule has 8 fully saturated rings. The van der Waals surface area contributed by atoms with E-state index in [1.165, 1.54) is 56.9 Å². The maximum atomic E-state index is 14.7. The van der Waals surface area contributed by atoms with Crippen LogP contribution in [-0.2, 0) is 35.0 Å². The highest BCUT2D eigenvalue weighted by Crippen LogP contribution is 2.78. The summed E-state index contributed by atoms with van der Waals surface area (Å²) >= 11 is 0. The zero-order chi connectivity index (χ0) is 43.9. The standard InChI is InChI=1S/C55H85NO6/c1-50(2)37(33-36-13-11-10-12-14-36)34-43(50)49(58)62-46-19-22-53(6)44(51(46,3)4)18-24-55(8)45(53)16-15-41-47-39(17-23-54(41,55)7)40(35-42(47)52(5)25-26-52)48(57)56-27-20-38(21-28-56)61-32-31-60-30-29-59-9/h10-14,37-47H,15-35H2,1-9H3/t37-,39?,40-,41-,42-,43-,44+,45-,46+,47+,53+,54-,55-/m1/s1. The highest BCUT2D eigenvalue weighted by atomic mass is 16.5. The quantitative estimate of drug-likeness (QED) is 0.145. The molecule has 62 heavy (non-hydrogen) atoms. The fraction of sp³-hybridized carbons (Fsp3) is 0.855. The molecule has 13 atom stereocenters. The van der Waals surface area contributed by atoms with Crippen LogP contribution in [0.5, 0.6) is 0 Å².